The molecule has 4 nitrogen and oxygen atoms in total. The molecule has 0 radical (unpaired) electrons. The summed E-state index contributed by atoms with van der Waals surface area (Å²) in [7, 11) is -3.89. The van der Waals surface area contributed by atoms with Crippen LogP contribution in [0.1, 0.15) is 10.4 Å². The van der Waals surface area contributed by atoms with E-state index in [2.05, 4.69) is 59.2 Å². The van der Waals surface area contributed by atoms with E-state index in [9.17, 15) is 13.2 Å². The van der Waals surface area contributed by atoms with Crippen LogP contribution in [0.25, 0.3) is 0 Å². The normalized spacial score (nSPS) is 11.2. The van der Waals surface area contributed by atoms with Crippen molar-refractivity contribution in [2.24, 2.45) is 0 Å². The number of rotatable bonds is 3. The van der Waals surface area contributed by atoms with Gasteiger partial charge in [0, 0.05) is 12.5 Å². The molecule has 0 unspecified atom stereocenters. The molecule has 0 atom stereocenters. The van der Waals surface area contributed by atoms with Crippen molar-refractivity contribution in [3.05, 3.63) is 60.5 Å². The number of amides is 1. The molecule has 0 fully saturated rings. The third-order valence-electron chi connectivity index (χ3n) is 2.53. The Kier molecular flexibility index (Phi) is 5.44. The van der Waals surface area contributed by atoms with E-state index in [1.165, 1.54) is 18.2 Å². The second-order valence-electron chi connectivity index (χ2n) is 4.01. The summed E-state index contributed by atoms with van der Waals surface area (Å²) < 4.78 is 28.5. The molecule has 110 valence electrons. The third-order valence-corrected chi connectivity index (χ3v) is 5.74. The lowest BCUT2D eigenvalue weighted by molar-refractivity contribution is 0.0980. The predicted molar refractivity (Wildman–Crippen MR) is 95.7 cm³/mol. The number of hydrogen-bond acceptors (Lipinski definition) is 3. The quantitative estimate of drug-likeness (QED) is 0.596. The average Bonchev–Trinajstić information content (AvgIpc) is 2.38. The first-order valence-electron chi connectivity index (χ1n) is 5.57. The van der Waals surface area contributed by atoms with Crippen molar-refractivity contribution in [1.29, 1.82) is 0 Å². The smallest absolute Gasteiger partial charge is 0.266 e. The van der Waals surface area contributed by atoms with Crippen molar-refractivity contribution < 1.29 is 13.2 Å². The van der Waals surface area contributed by atoms with Crippen molar-refractivity contribution in [2.75, 3.05) is 0 Å². The zero-order valence-corrected chi connectivity index (χ0v) is 16.5. The number of nitrogens with one attached hydrogen (secondary N) is 1. The summed E-state index contributed by atoms with van der Waals surface area (Å²) in [5.74, 6) is -0.687. The summed E-state index contributed by atoms with van der Waals surface area (Å²) in [5, 5.41) is 0. The summed E-state index contributed by atoms with van der Waals surface area (Å²) in [6, 6.07) is 11.1. The summed E-state index contributed by atoms with van der Waals surface area (Å²) in [6.45, 7) is 0. The van der Waals surface area contributed by atoms with Crippen LogP contribution in [-0.4, -0.2) is 14.3 Å². The first-order valence-corrected chi connectivity index (χ1v) is 9.72. The average molecular weight is 545 g/mol. The number of benzene rings is 2. The molecule has 0 aliphatic carbocycles. The molecule has 2 aromatic rings. The molecule has 0 heterocycles. The number of hydrogen-bond donors (Lipinski definition) is 1. The van der Waals surface area contributed by atoms with Gasteiger partial charge < -0.3 is 0 Å². The lowest BCUT2D eigenvalue weighted by Crippen LogP contribution is -2.30. The van der Waals surface area contributed by atoms with E-state index in [0.717, 1.165) is 8.04 Å². The Balaban J connectivity index is 2.28. The Morgan fingerprint density at radius 2 is 1.67 bits per heavy atom. The van der Waals surface area contributed by atoms with Gasteiger partial charge in [0.2, 0.25) is 0 Å². The first-order chi connectivity index (χ1) is 9.79. The lowest BCUT2D eigenvalue weighted by atomic mass is 10.2. The highest BCUT2D eigenvalue weighted by Crippen LogP contribution is 2.22. The van der Waals surface area contributed by atoms with Crippen LogP contribution < -0.4 is 4.72 Å². The zero-order chi connectivity index (χ0) is 15.6. The fourth-order valence-corrected chi connectivity index (χ4v) is 4.08. The molecule has 0 aliphatic heterocycles. The molecule has 2 rings (SSSR count). The van der Waals surface area contributed by atoms with Crippen molar-refractivity contribution in [3.63, 3.8) is 0 Å². The topological polar surface area (TPSA) is 63.2 Å². The Labute approximate surface area is 152 Å². The first kappa shape index (κ1) is 16.9. The minimum absolute atomic E-state index is 0.0458. The number of carbonyl (C=O) groups is 1. The van der Waals surface area contributed by atoms with E-state index in [1.54, 1.807) is 24.3 Å². The van der Waals surface area contributed by atoms with Gasteiger partial charge in [-0.15, -0.1) is 0 Å². The highest BCUT2D eigenvalue weighted by molar-refractivity contribution is 14.1. The molecule has 1 amide bonds. The molecule has 8 heteroatoms. The van der Waals surface area contributed by atoms with Crippen LogP contribution in [0, 0.1) is 3.57 Å². The van der Waals surface area contributed by atoms with E-state index >= 15 is 0 Å². The van der Waals surface area contributed by atoms with E-state index < -0.39 is 15.9 Å². The second-order valence-corrected chi connectivity index (χ2v) is 8.71. The van der Waals surface area contributed by atoms with Gasteiger partial charge in [-0.25, -0.2) is 13.1 Å². The van der Waals surface area contributed by atoms with Gasteiger partial charge in [-0.1, -0.05) is 15.9 Å². The van der Waals surface area contributed by atoms with E-state index in [0.29, 0.717) is 4.47 Å². The van der Waals surface area contributed by atoms with Crippen LogP contribution in [0.4, 0.5) is 0 Å². The number of halogens is 3. The highest BCUT2D eigenvalue weighted by Gasteiger charge is 2.20. The zero-order valence-electron chi connectivity index (χ0n) is 10.3. The molecule has 2 aromatic carbocycles. The molecule has 0 aromatic heterocycles. The second kappa shape index (κ2) is 6.76. The summed E-state index contributed by atoms with van der Waals surface area (Å²) in [4.78, 5) is 12.1. The van der Waals surface area contributed by atoms with Gasteiger partial charge >= 0.3 is 0 Å². The number of sulfonamides is 1. The molecule has 0 bridgehead atoms. The Hall–Kier alpha value is -0.450. The summed E-state index contributed by atoms with van der Waals surface area (Å²) in [6.07, 6.45) is 0. The molecular formula is C13H8Br2INO3S. The minimum atomic E-state index is -3.89. The maximum absolute atomic E-state index is 12.1. The van der Waals surface area contributed by atoms with Gasteiger partial charge in [0.05, 0.1) is 10.5 Å². The Morgan fingerprint density at radius 3 is 2.24 bits per heavy atom. The maximum atomic E-state index is 12.1. The minimum Gasteiger partial charge on any atom is -0.268 e. The SMILES string of the molecule is O=C(NS(=O)(=O)c1ccc(I)cc1)c1ccc(Br)cc1Br. The van der Waals surface area contributed by atoms with Crippen molar-refractivity contribution >= 4 is 70.4 Å². The van der Waals surface area contributed by atoms with E-state index in [-0.39, 0.29) is 10.5 Å². The van der Waals surface area contributed by atoms with Gasteiger partial charge in [-0.3, -0.25) is 4.79 Å². The van der Waals surface area contributed by atoms with Crippen LogP contribution >= 0.6 is 54.5 Å². The van der Waals surface area contributed by atoms with Crippen molar-refractivity contribution in [1.82, 2.24) is 4.72 Å². The monoisotopic (exact) mass is 543 g/mol. The fourth-order valence-electron chi connectivity index (χ4n) is 1.52. The van der Waals surface area contributed by atoms with Crippen molar-refractivity contribution in [3.8, 4) is 0 Å². The van der Waals surface area contributed by atoms with Gasteiger partial charge in [0.1, 0.15) is 0 Å². The van der Waals surface area contributed by atoms with Crippen molar-refractivity contribution in [2.45, 2.75) is 4.90 Å². The predicted octanol–water partition coefficient (Wildman–Crippen LogP) is 3.93. The molecule has 0 saturated carbocycles. The van der Waals surface area contributed by atoms with Gasteiger partial charge in [-0.2, -0.15) is 0 Å². The summed E-state index contributed by atoms with van der Waals surface area (Å²) >= 11 is 8.58. The van der Waals surface area contributed by atoms with Gasteiger partial charge in [-0.05, 0) is 81.0 Å². The molecule has 0 aliphatic rings. The van der Waals surface area contributed by atoms with E-state index in [1.807, 2.05) is 0 Å². The molecule has 0 saturated heterocycles. The largest absolute Gasteiger partial charge is 0.268 e. The maximum Gasteiger partial charge on any atom is 0.266 e. The fraction of sp³-hybridized carbons (Fsp3) is 0. The Bertz CT molecular complexity index is 792. The van der Waals surface area contributed by atoms with Crippen LogP contribution in [0.15, 0.2) is 56.3 Å². The third kappa shape index (κ3) is 4.27. The molecule has 21 heavy (non-hydrogen) atoms. The standard InChI is InChI=1S/C13H8Br2INO3S/c14-8-1-6-11(12(15)7-8)13(18)17-21(19,20)10-4-2-9(16)3-5-10/h1-7H,(H,17,18). The number of carbonyl (C=O) groups excluding carboxylic acids is 1. The van der Waals surface area contributed by atoms with E-state index in [4.69, 9.17) is 0 Å². The van der Waals surface area contributed by atoms with Crippen LogP contribution in [-0.2, 0) is 10.0 Å². The molecule has 1 N–H and O–H groups in total. The highest BCUT2D eigenvalue weighted by atomic mass is 127. The lowest BCUT2D eigenvalue weighted by Gasteiger charge is -2.08. The van der Waals surface area contributed by atoms with Crippen LogP contribution in [0.3, 0.4) is 0 Å². The van der Waals surface area contributed by atoms with Crippen LogP contribution in [0.2, 0.25) is 0 Å². The van der Waals surface area contributed by atoms with Crippen LogP contribution in [0.5, 0.6) is 0 Å². The van der Waals surface area contributed by atoms with Gasteiger partial charge in [0.25, 0.3) is 15.9 Å². The Morgan fingerprint density at radius 1 is 1.05 bits per heavy atom. The van der Waals surface area contributed by atoms with Gasteiger partial charge in [0.15, 0.2) is 0 Å². The molecule has 0 spiro atoms. The summed E-state index contributed by atoms with van der Waals surface area (Å²) in [5.41, 5.74) is 0.243. The molecular weight excluding hydrogens is 537 g/mol.